The zero-order valence-corrected chi connectivity index (χ0v) is 24.2. The first-order valence-corrected chi connectivity index (χ1v) is 14.5. The summed E-state index contributed by atoms with van der Waals surface area (Å²) in [4.78, 5) is 5.06. The molecule has 0 radical (unpaired) electrons. The summed E-state index contributed by atoms with van der Waals surface area (Å²) in [5.74, 6) is 2.07. The summed E-state index contributed by atoms with van der Waals surface area (Å²) >= 11 is 0. The Morgan fingerprint density at radius 3 is 1.95 bits per heavy atom. The van der Waals surface area contributed by atoms with Crippen LogP contribution in [0.2, 0.25) is 0 Å². The van der Waals surface area contributed by atoms with Crippen LogP contribution in [0.15, 0.2) is 109 Å². The Bertz CT molecular complexity index is 1690. The van der Waals surface area contributed by atoms with Crippen LogP contribution < -0.4 is 9.47 Å². The molecule has 6 aromatic rings. The zero-order valence-electron chi connectivity index (χ0n) is 24.2. The van der Waals surface area contributed by atoms with Crippen LogP contribution in [0.3, 0.4) is 0 Å². The zero-order chi connectivity index (χ0) is 29.5. The lowest BCUT2D eigenvalue weighted by molar-refractivity contribution is -0.131. The van der Waals surface area contributed by atoms with Crippen molar-refractivity contribution in [2.45, 2.75) is 45.4 Å². The lowest BCUT2D eigenvalue weighted by Crippen LogP contribution is -2.40. The highest BCUT2D eigenvalue weighted by atomic mass is 16.7. The van der Waals surface area contributed by atoms with Gasteiger partial charge in [-0.1, -0.05) is 98.8 Å². The van der Waals surface area contributed by atoms with Crippen LogP contribution in [0.4, 0.5) is 0 Å². The number of nitrogens with one attached hydrogen (secondary N) is 1. The first kappa shape index (κ1) is 27.8. The molecule has 4 aromatic carbocycles. The number of H-pyrrole nitrogens is 1. The summed E-state index contributed by atoms with van der Waals surface area (Å²) in [6.45, 7) is 4.89. The number of aryl methyl sites for hydroxylation is 1. The highest BCUT2D eigenvalue weighted by Crippen LogP contribution is 2.34. The van der Waals surface area contributed by atoms with Crippen molar-refractivity contribution in [3.63, 3.8) is 0 Å². The Morgan fingerprint density at radius 2 is 1.37 bits per heavy atom. The van der Waals surface area contributed by atoms with Crippen LogP contribution >= 0.6 is 0 Å². The van der Waals surface area contributed by atoms with E-state index in [-0.39, 0.29) is 0 Å². The summed E-state index contributed by atoms with van der Waals surface area (Å²) in [7, 11) is 0. The number of hydrogen-bond donors (Lipinski definition) is 1. The molecule has 0 atom stereocenters. The number of tetrazole rings is 1. The standard InChI is InChI=1S/C34H33N7O2/c1-3-23-41-31(24-25-19-21-26(22-20-25)29-17-11-12-18-30(29)32-36-39-40-37-32)35-33(38-41)34(4-2,42-27-13-7-5-8-14-27)43-28-15-9-6-10-16-28/h5-22H,3-4,23-24H2,1-2H3,(H,36,37,39,40). The van der Waals surface area contributed by atoms with E-state index in [1.807, 2.05) is 90.5 Å². The van der Waals surface area contributed by atoms with E-state index in [0.29, 0.717) is 36.0 Å². The number of aromatic nitrogens is 7. The fourth-order valence-electron chi connectivity index (χ4n) is 5.02. The molecule has 6 rings (SSSR count). The van der Waals surface area contributed by atoms with Gasteiger partial charge in [-0.3, -0.25) is 0 Å². The number of rotatable bonds is 12. The van der Waals surface area contributed by atoms with E-state index in [4.69, 9.17) is 19.6 Å². The van der Waals surface area contributed by atoms with Crippen molar-refractivity contribution in [1.82, 2.24) is 35.4 Å². The molecule has 2 heterocycles. The number of aromatic amines is 1. The second-order valence-electron chi connectivity index (χ2n) is 10.2. The fraction of sp³-hybridized carbons (Fsp3) is 0.206. The van der Waals surface area contributed by atoms with Crippen molar-refractivity contribution >= 4 is 0 Å². The van der Waals surface area contributed by atoms with Gasteiger partial charge in [-0.05, 0) is 52.6 Å². The molecular formula is C34H33N7O2. The molecule has 216 valence electrons. The number of benzene rings is 4. The third-order valence-corrected chi connectivity index (χ3v) is 7.18. The van der Waals surface area contributed by atoms with E-state index >= 15 is 0 Å². The minimum Gasteiger partial charge on any atom is -0.445 e. The third kappa shape index (κ3) is 6.16. The van der Waals surface area contributed by atoms with E-state index in [0.717, 1.165) is 41.0 Å². The van der Waals surface area contributed by atoms with Crippen molar-refractivity contribution in [1.29, 1.82) is 0 Å². The van der Waals surface area contributed by atoms with Crippen LogP contribution in [0, 0.1) is 0 Å². The first-order chi connectivity index (χ1) is 21.2. The van der Waals surface area contributed by atoms with Gasteiger partial charge in [0.2, 0.25) is 11.6 Å². The third-order valence-electron chi connectivity index (χ3n) is 7.18. The highest BCUT2D eigenvalue weighted by Gasteiger charge is 2.41. The topological polar surface area (TPSA) is 104 Å². The average molecular weight is 572 g/mol. The van der Waals surface area contributed by atoms with Gasteiger partial charge in [-0.2, -0.15) is 5.21 Å². The lowest BCUT2D eigenvalue weighted by atomic mass is 9.98. The Balaban J connectivity index is 1.32. The van der Waals surface area contributed by atoms with Crippen molar-refractivity contribution in [3.05, 3.63) is 126 Å². The second kappa shape index (κ2) is 12.7. The number of nitrogens with zero attached hydrogens (tertiary/aromatic N) is 6. The normalized spacial score (nSPS) is 11.4. The SMILES string of the molecule is CCCn1nc(C(CC)(Oc2ccccc2)Oc2ccccc2)nc1Cc1ccc(-c2ccccc2-c2nn[nH]n2)cc1. The van der Waals surface area contributed by atoms with E-state index < -0.39 is 5.79 Å². The van der Waals surface area contributed by atoms with Gasteiger partial charge in [0.1, 0.15) is 17.3 Å². The Morgan fingerprint density at radius 1 is 0.744 bits per heavy atom. The molecule has 0 saturated carbocycles. The largest absolute Gasteiger partial charge is 0.445 e. The van der Waals surface area contributed by atoms with Gasteiger partial charge in [0.25, 0.3) is 0 Å². The average Bonchev–Trinajstić information content (AvgIpc) is 3.74. The molecule has 0 bridgehead atoms. The van der Waals surface area contributed by atoms with Crippen molar-refractivity contribution in [3.8, 4) is 34.0 Å². The van der Waals surface area contributed by atoms with Crippen LogP contribution in [0.5, 0.6) is 11.5 Å². The number of para-hydroxylation sites is 2. The maximum absolute atomic E-state index is 6.57. The van der Waals surface area contributed by atoms with Gasteiger partial charge in [-0.15, -0.1) is 15.3 Å². The molecule has 2 aromatic heterocycles. The van der Waals surface area contributed by atoms with E-state index in [1.54, 1.807) is 0 Å². The monoisotopic (exact) mass is 571 g/mol. The van der Waals surface area contributed by atoms with Crippen LogP contribution in [0.25, 0.3) is 22.5 Å². The molecule has 0 aliphatic heterocycles. The van der Waals surface area contributed by atoms with Gasteiger partial charge >= 0.3 is 5.79 Å². The van der Waals surface area contributed by atoms with Gasteiger partial charge in [-0.25, -0.2) is 9.67 Å². The maximum atomic E-state index is 6.57. The molecule has 0 aliphatic rings. The lowest BCUT2D eigenvalue weighted by Gasteiger charge is -2.31. The smallest absolute Gasteiger partial charge is 0.314 e. The fourth-order valence-corrected chi connectivity index (χ4v) is 5.02. The predicted molar refractivity (Wildman–Crippen MR) is 164 cm³/mol. The Kier molecular flexibility index (Phi) is 8.21. The molecule has 1 N–H and O–H groups in total. The summed E-state index contributed by atoms with van der Waals surface area (Å²) < 4.78 is 15.1. The maximum Gasteiger partial charge on any atom is 0.314 e. The van der Waals surface area contributed by atoms with Crippen molar-refractivity contribution in [2.75, 3.05) is 0 Å². The summed E-state index contributed by atoms with van der Waals surface area (Å²) in [6, 6.07) is 35.9. The summed E-state index contributed by atoms with van der Waals surface area (Å²) in [5, 5.41) is 19.6. The van der Waals surface area contributed by atoms with E-state index in [2.05, 4.69) is 57.9 Å². The van der Waals surface area contributed by atoms with E-state index in [1.165, 1.54) is 0 Å². The van der Waals surface area contributed by atoms with Crippen LogP contribution in [0.1, 0.15) is 43.9 Å². The minimum absolute atomic E-state index is 0.497. The van der Waals surface area contributed by atoms with Gasteiger partial charge in [0.05, 0.1) is 0 Å². The first-order valence-electron chi connectivity index (χ1n) is 14.5. The molecule has 0 fully saturated rings. The summed E-state index contributed by atoms with van der Waals surface area (Å²) in [6.07, 6.45) is 2.02. The quantitative estimate of drug-likeness (QED) is 0.160. The molecule has 0 saturated heterocycles. The van der Waals surface area contributed by atoms with Crippen LogP contribution in [-0.2, 0) is 18.8 Å². The molecule has 0 spiro atoms. The van der Waals surface area contributed by atoms with E-state index in [9.17, 15) is 0 Å². The number of ether oxygens (including phenoxy) is 2. The van der Waals surface area contributed by atoms with Crippen LogP contribution in [-0.4, -0.2) is 35.4 Å². The highest BCUT2D eigenvalue weighted by molar-refractivity contribution is 5.80. The molecule has 0 aliphatic carbocycles. The summed E-state index contributed by atoms with van der Waals surface area (Å²) in [5.41, 5.74) is 4.14. The molecule has 9 nitrogen and oxygen atoms in total. The van der Waals surface area contributed by atoms with Crippen molar-refractivity contribution < 1.29 is 9.47 Å². The Hall–Kier alpha value is -5.31. The molecule has 43 heavy (non-hydrogen) atoms. The Labute approximate surface area is 250 Å². The van der Waals surface area contributed by atoms with Gasteiger partial charge < -0.3 is 9.47 Å². The number of hydrogen-bond acceptors (Lipinski definition) is 7. The predicted octanol–water partition coefficient (Wildman–Crippen LogP) is 6.85. The van der Waals surface area contributed by atoms with Gasteiger partial charge in [0, 0.05) is 24.9 Å². The molecule has 0 unspecified atom stereocenters. The molecule has 9 heteroatoms. The second-order valence-corrected chi connectivity index (χ2v) is 10.2. The minimum atomic E-state index is -1.21. The molecule has 0 amide bonds. The molecular weight excluding hydrogens is 538 g/mol. The van der Waals surface area contributed by atoms with Gasteiger partial charge in [0.15, 0.2) is 0 Å². The van der Waals surface area contributed by atoms with Crippen molar-refractivity contribution in [2.24, 2.45) is 0 Å².